The normalized spacial score (nSPS) is 11.7. The van der Waals surface area contributed by atoms with Crippen LogP contribution in [-0.4, -0.2) is 34.7 Å². The highest BCUT2D eigenvalue weighted by Crippen LogP contribution is 2.19. The molecule has 19 heavy (non-hydrogen) atoms. The number of aliphatic carboxylic acids is 1. The molecule has 6 heteroatoms. The van der Waals surface area contributed by atoms with E-state index in [0.29, 0.717) is 5.56 Å². The molecular weight excluding hydrogens is 253 g/mol. The summed E-state index contributed by atoms with van der Waals surface area (Å²) in [5.41, 5.74) is 0.694. The van der Waals surface area contributed by atoms with Crippen molar-refractivity contribution in [2.45, 2.75) is 19.4 Å². The van der Waals surface area contributed by atoms with E-state index in [0.717, 1.165) is 0 Å². The molecule has 0 spiro atoms. The highest BCUT2D eigenvalue weighted by atomic mass is 19.1. The number of ketones is 1. The van der Waals surface area contributed by atoms with Crippen molar-refractivity contribution in [3.8, 4) is 0 Å². The molecule has 1 aromatic rings. The number of rotatable bonds is 5. The molecule has 102 valence electrons. The second kappa shape index (κ2) is 6.08. The van der Waals surface area contributed by atoms with E-state index in [1.807, 2.05) is 0 Å². The van der Waals surface area contributed by atoms with Gasteiger partial charge in [0.25, 0.3) is 0 Å². The van der Waals surface area contributed by atoms with E-state index in [4.69, 9.17) is 5.11 Å². The SMILES string of the molecule is CC(c1ccc(F)cc1)N(C)C(=O)CC(=O)C(=O)O. The Kier molecular flexibility index (Phi) is 4.74. The van der Waals surface area contributed by atoms with E-state index in [1.54, 1.807) is 6.92 Å². The molecular formula is C13H14FNO4. The quantitative estimate of drug-likeness (QED) is 0.646. The average Bonchev–Trinajstić information content (AvgIpc) is 2.37. The Hall–Kier alpha value is -2.24. The van der Waals surface area contributed by atoms with Crippen molar-refractivity contribution in [1.82, 2.24) is 4.90 Å². The molecule has 0 fully saturated rings. The maximum atomic E-state index is 12.8. The Balaban J connectivity index is 2.73. The van der Waals surface area contributed by atoms with E-state index in [9.17, 15) is 18.8 Å². The van der Waals surface area contributed by atoms with Crippen molar-refractivity contribution in [1.29, 1.82) is 0 Å². The van der Waals surface area contributed by atoms with Gasteiger partial charge >= 0.3 is 5.97 Å². The number of carboxylic acids is 1. The number of halogens is 1. The van der Waals surface area contributed by atoms with E-state index >= 15 is 0 Å². The molecule has 1 amide bonds. The second-order valence-electron chi connectivity index (χ2n) is 4.14. The first-order chi connectivity index (χ1) is 8.82. The van der Waals surface area contributed by atoms with Crippen LogP contribution < -0.4 is 0 Å². The molecule has 0 bridgehead atoms. The smallest absolute Gasteiger partial charge is 0.372 e. The fraction of sp³-hybridized carbons (Fsp3) is 0.308. The highest BCUT2D eigenvalue weighted by molar-refractivity contribution is 6.36. The summed E-state index contributed by atoms with van der Waals surface area (Å²) in [5, 5.41) is 8.44. The zero-order valence-corrected chi connectivity index (χ0v) is 10.6. The number of carboxylic acid groups (broad SMARTS) is 1. The van der Waals surface area contributed by atoms with E-state index in [-0.39, 0.29) is 11.9 Å². The zero-order chi connectivity index (χ0) is 14.6. The van der Waals surface area contributed by atoms with Crippen LogP contribution in [-0.2, 0) is 14.4 Å². The summed E-state index contributed by atoms with van der Waals surface area (Å²) in [6.07, 6.45) is -0.683. The summed E-state index contributed by atoms with van der Waals surface area (Å²) in [6.45, 7) is 1.70. The standard InChI is InChI=1S/C13H14FNO4/c1-8(9-3-5-10(14)6-4-9)15(2)12(17)7-11(16)13(18)19/h3-6,8H,7H2,1-2H3,(H,18,19). The molecule has 0 heterocycles. The van der Waals surface area contributed by atoms with E-state index < -0.39 is 24.1 Å². The van der Waals surface area contributed by atoms with Crippen LogP contribution in [0.15, 0.2) is 24.3 Å². The summed E-state index contributed by atoms with van der Waals surface area (Å²) in [4.78, 5) is 34.3. The molecule has 0 saturated carbocycles. The highest BCUT2D eigenvalue weighted by Gasteiger charge is 2.22. The second-order valence-corrected chi connectivity index (χ2v) is 4.14. The van der Waals surface area contributed by atoms with Gasteiger partial charge in [-0.3, -0.25) is 9.59 Å². The fourth-order valence-corrected chi connectivity index (χ4v) is 1.52. The number of hydrogen-bond acceptors (Lipinski definition) is 3. The number of amides is 1. The number of hydrogen-bond donors (Lipinski definition) is 1. The number of Topliss-reactive ketones (excluding diaryl/α,β-unsaturated/α-hetero) is 1. The predicted octanol–water partition coefficient (Wildman–Crippen LogP) is 1.39. The average molecular weight is 267 g/mol. The Labute approximate surface area is 109 Å². The third-order valence-electron chi connectivity index (χ3n) is 2.88. The van der Waals surface area contributed by atoms with Crippen molar-refractivity contribution in [2.24, 2.45) is 0 Å². The van der Waals surface area contributed by atoms with Gasteiger partial charge in [0.05, 0.1) is 12.5 Å². The van der Waals surface area contributed by atoms with Crippen LogP contribution in [0.3, 0.4) is 0 Å². The first-order valence-corrected chi connectivity index (χ1v) is 5.60. The summed E-state index contributed by atoms with van der Waals surface area (Å²) in [5.74, 6) is -3.76. The van der Waals surface area contributed by atoms with Gasteiger partial charge in [0.2, 0.25) is 11.7 Å². The molecule has 1 atom stereocenters. The molecule has 0 aliphatic carbocycles. The van der Waals surface area contributed by atoms with Gasteiger partial charge in [0.15, 0.2) is 0 Å². The third-order valence-corrected chi connectivity index (χ3v) is 2.88. The van der Waals surface area contributed by atoms with Gasteiger partial charge in [-0.25, -0.2) is 9.18 Å². The zero-order valence-electron chi connectivity index (χ0n) is 10.6. The van der Waals surface area contributed by atoms with Crippen molar-refractivity contribution in [2.75, 3.05) is 7.05 Å². The summed E-state index contributed by atoms with van der Waals surface area (Å²) >= 11 is 0. The van der Waals surface area contributed by atoms with Crippen LogP contribution in [0.4, 0.5) is 4.39 Å². The van der Waals surface area contributed by atoms with Crippen LogP contribution >= 0.6 is 0 Å². The molecule has 1 aromatic carbocycles. The summed E-state index contributed by atoms with van der Waals surface area (Å²) in [7, 11) is 1.46. The van der Waals surface area contributed by atoms with Crippen LogP contribution in [0.5, 0.6) is 0 Å². The molecule has 0 aliphatic heterocycles. The maximum Gasteiger partial charge on any atom is 0.372 e. The number of carbonyl (C=O) groups is 3. The minimum atomic E-state index is -1.63. The molecule has 0 aromatic heterocycles. The Morgan fingerprint density at radius 1 is 1.26 bits per heavy atom. The Morgan fingerprint density at radius 3 is 2.26 bits per heavy atom. The van der Waals surface area contributed by atoms with Gasteiger partial charge in [-0.2, -0.15) is 0 Å². The lowest BCUT2D eigenvalue weighted by atomic mass is 10.1. The van der Waals surface area contributed by atoms with Crippen molar-refractivity contribution in [3.63, 3.8) is 0 Å². The van der Waals surface area contributed by atoms with E-state index in [1.165, 1.54) is 36.2 Å². The first kappa shape index (κ1) is 14.8. The van der Waals surface area contributed by atoms with Crippen LogP contribution in [0.2, 0.25) is 0 Å². The van der Waals surface area contributed by atoms with Crippen molar-refractivity contribution in [3.05, 3.63) is 35.6 Å². The topological polar surface area (TPSA) is 74.7 Å². The van der Waals surface area contributed by atoms with Gasteiger partial charge < -0.3 is 10.0 Å². The maximum absolute atomic E-state index is 12.8. The minimum Gasteiger partial charge on any atom is -0.475 e. The van der Waals surface area contributed by atoms with Crippen molar-refractivity contribution < 1.29 is 23.9 Å². The van der Waals surface area contributed by atoms with Crippen LogP contribution in [0, 0.1) is 5.82 Å². The molecule has 1 N–H and O–H groups in total. The molecule has 0 saturated heterocycles. The molecule has 0 aliphatic rings. The summed E-state index contributed by atoms with van der Waals surface area (Å²) in [6, 6.07) is 5.22. The number of benzene rings is 1. The van der Waals surface area contributed by atoms with Gasteiger partial charge in [0, 0.05) is 7.05 Å². The van der Waals surface area contributed by atoms with Gasteiger partial charge in [-0.05, 0) is 24.6 Å². The van der Waals surface area contributed by atoms with Crippen LogP contribution in [0.25, 0.3) is 0 Å². The molecule has 0 radical (unpaired) electrons. The first-order valence-electron chi connectivity index (χ1n) is 5.60. The van der Waals surface area contributed by atoms with Crippen molar-refractivity contribution >= 4 is 17.7 Å². The monoisotopic (exact) mass is 267 g/mol. The Morgan fingerprint density at radius 2 is 1.79 bits per heavy atom. The molecule has 5 nitrogen and oxygen atoms in total. The van der Waals surface area contributed by atoms with Crippen LogP contribution in [0.1, 0.15) is 24.9 Å². The number of nitrogens with zero attached hydrogens (tertiary/aromatic N) is 1. The van der Waals surface area contributed by atoms with E-state index in [2.05, 4.69) is 0 Å². The predicted molar refractivity (Wildman–Crippen MR) is 64.8 cm³/mol. The number of carbonyl (C=O) groups excluding carboxylic acids is 2. The fourth-order valence-electron chi connectivity index (χ4n) is 1.52. The molecule has 1 rings (SSSR count). The largest absolute Gasteiger partial charge is 0.475 e. The lowest BCUT2D eigenvalue weighted by Crippen LogP contribution is -2.32. The lowest BCUT2D eigenvalue weighted by Gasteiger charge is -2.25. The molecule has 1 unspecified atom stereocenters. The van der Waals surface area contributed by atoms with Gasteiger partial charge in [-0.1, -0.05) is 12.1 Å². The van der Waals surface area contributed by atoms with Gasteiger partial charge in [0.1, 0.15) is 5.82 Å². The summed E-state index contributed by atoms with van der Waals surface area (Å²) < 4.78 is 12.8. The minimum absolute atomic E-state index is 0.380. The third kappa shape index (κ3) is 3.87. The lowest BCUT2D eigenvalue weighted by molar-refractivity contribution is -0.151. The van der Waals surface area contributed by atoms with Gasteiger partial charge in [-0.15, -0.1) is 0 Å². The Bertz CT molecular complexity index is 498.